The molecule has 3 aromatic rings. The molecule has 0 bridgehead atoms. The number of halogens is 3. The van der Waals surface area contributed by atoms with Crippen LogP contribution in [0.15, 0.2) is 54.7 Å². The van der Waals surface area contributed by atoms with E-state index in [0.29, 0.717) is 17.1 Å². The second kappa shape index (κ2) is 9.27. The van der Waals surface area contributed by atoms with Gasteiger partial charge in [-0.3, -0.25) is 4.90 Å². The van der Waals surface area contributed by atoms with Gasteiger partial charge in [-0.15, -0.1) is 0 Å². The smallest absolute Gasteiger partial charge is 0.338 e. The number of H-pyrrole nitrogens is 1. The van der Waals surface area contributed by atoms with Crippen molar-refractivity contribution in [3.8, 4) is 22.6 Å². The Balaban J connectivity index is 1.82. The van der Waals surface area contributed by atoms with Crippen LogP contribution in [0, 0.1) is 0 Å². The zero-order chi connectivity index (χ0) is 20.9. The number of benzene rings is 2. The fourth-order valence-corrected chi connectivity index (χ4v) is 3.46. The van der Waals surface area contributed by atoms with E-state index in [1.54, 1.807) is 12.3 Å². The SMILES string of the molecule is CCCN(CCC)Cc1cccc(-c2ncc(-c3cccc(C(F)(F)F)c3)[nH]2)c1. The van der Waals surface area contributed by atoms with Crippen molar-refractivity contribution in [2.45, 2.75) is 39.4 Å². The quantitative estimate of drug-likeness (QED) is 0.475. The van der Waals surface area contributed by atoms with E-state index in [0.717, 1.165) is 50.2 Å². The Labute approximate surface area is 169 Å². The van der Waals surface area contributed by atoms with Crippen molar-refractivity contribution in [3.05, 3.63) is 65.9 Å². The molecule has 0 aliphatic heterocycles. The number of rotatable bonds is 8. The Kier molecular flexibility index (Phi) is 6.75. The van der Waals surface area contributed by atoms with Crippen molar-refractivity contribution < 1.29 is 13.2 Å². The lowest BCUT2D eigenvalue weighted by Crippen LogP contribution is -2.24. The molecule has 0 aliphatic carbocycles. The molecule has 0 atom stereocenters. The summed E-state index contributed by atoms with van der Waals surface area (Å²) in [6, 6.07) is 13.4. The summed E-state index contributed by atoms with van der Waals surface area (Å²) in [6.45, 7) is 7.34. The average Bonchev–Trinajstić information content (AvgIpc) is 3.18. The topological polar surface area (TPSA) is 31.9 Å². The first-order valence-electron chi connectivity index (χ1n) is 9.95. The fraction of sp³-hybridized carbons (Fsp3) is 0.348. The minimum atomic E-state index is -4.37. The Hall–Kier alpha value is -2.60. The molecule has 1 aromatic heterocycles. The predicted octanol–water partition coefficient (Wildman–Crippen LogP) is 6.38. The zero-order valence-electron chi connectivity index (χ0n) is 16.8. The molecule has 0 saturated carbocycles. The molecule has 0 spiro atoms. The van der Waals surface area contributed by atoms with Crippen molar-refractivity contribution in [2.75, 3.05) is 13.1 Å². The van der Waals surface area contributed by atoms with E-state index in [9.17, 15) is 13.2 Å². The molecule has 6 heteroatoms. The van der Waals surface area contributed by atoms with Gasteiger partial charge in [-0.05, 0) is 49.7 Å². The molecule has 29 heavy (non-hydrogen) atoms. The molecule has 1 N–H and O–H groups in total. The average molecular weight is 401 g/mol. The van der Waals surface area contributed by atoms with Gasteiger partial charge in [0.05, 0.1) is 17.5 Å². The van der Waals surface area contributed by atoms with Gasteiger partial charge >= 0.3 is 6.18 Å². The first-order valence-corrected chi connectivity index (χ1v) is 9.95. The number of imidazole rings is 1. The van der Waals surface area contributed by atoms with Gasteiger partial charge in [0.15, 0.2) is 0 Å². The fourth-order valence-electron chi connectivity index (χ4n) is 3.46. The van der Waals surface area contributed by atoms with Gasteiger partial charge in [0.1, 0.15) is 5.82 Å². The lowest BCUT2D eigenvalue weighted by molar-refractivity contribution is -0.137. The lowest BCUT2D eigenvalue weighted by Gasteiger charge is -2.21. The summed E-state index contributed by atoms with van der Waals surface area (Å²) in [5.41, 5.74) is 2.48. The second-order valence-corrected chi connectivity index (χ2v) is 7.20. The molecule has 0 amide bonds. The molecular weight excluding hydrogens is 375 g/mol. The molecule has 0 unspecified atom stereocenters. The van der Waals surface area contributed by atoms with Crippen LogP contribution in [0.1, 0.15) is 37.8 Å². The van der Waals surface area contributed by atoms with Crippen molar-refractivity contribution >= 4 is 0 Å². The normalized spacial score (nSPS) is 11.9. The third kappa shape index (κ3) is 5.48. The van der Waals surface area contributed by atoms with Gasteiger partial charge in [0.25, 0.3) is 0 Å². The highest BCUT2D eigenvalue weighted by molar-refractivity contribution is 5.65. The number of nitrogens with one attached hydrogen (secondary N) is 1. The van der Waals surface area contributed by atoms with Crippen molar-refractivity contribution in [3.63, 3.8) is 0 Å². The summed E-state index contributed by atoms with van der Waals surface area (Å²) in [4.78, 5) is 9.99. The summed E-state index contributed by atoms with van der Waals surface area (Å²) in [6.07, 6.45) is -0.565. The van der Waals surface area contributed by atoms with Crippen molar-refractivity contribution in [1.29, 1.82) is 0 Å². The van der Waals surface area contributed by atoms with E-state index >= 15 is 0 Å². The summed E-state index contributed by atoms with van der Waals surface area (Å²) in [7, 11) is 0. The third-order valence-corrected chi connectivity index (χ3v) is 4.76. The van der Waals surface area contributed by atoms with Gasteiger partial charge < -0.3 is 4.98 Å². The zero-order valence-corrected chi connectivity index (χ0v) is 16.8. The molecule has 0 fully saturated rings. The van der Waals surface area contributed by atoms with Gasteiger partial charge in [0.2, 0.25) is 0 Å². The highest BCUT2D eigenvalue weighted by atomic mass is 19.4. The minimum absolute atomic E-state index is 0.465. The van der Waals surface area contributed by atoms with E-state index in [1.807, 2.05) is 12.1 Å². The van der Waals surface area contributed by atoms with Crippen LogP contribution in [0.4, 0.5) is 13.2 Å². The largest absolute Gasteiger partial charge is 0.416 e. The molecule has 1 heterocycles. The minimum Gasteiger partial charge on any atom is -0.338 e. The van der Waals surface area contributed by atoms with Crippen LogP contribution in [-0.4, -0.2) is 28.0 Å². The Bertz CT molecular complexity index is 925. The first-order chi connectivity index (χ1) is 13.9. The molecule has 3 rings (SSSR count). The highest BCUT2D eigenvalue weighted by Crippen LogP contribution is 2.32. The maximum Gasteiger partial charge on any atom is 0.416 e. The number of aromatic amines is 1. The maximum atomic E-state index is 13.0. The molecular formula is C23H26F3N3. The monoisotopic (exact) mass is 401 g/mol. The second-order valence-electron chi connectivity index (χ2n) is 7.20. The standard InChI is InChI=1S/C23H26F3N3/c1-3-11-29(12-4-2)16-17-7-5-9-19(13-17)22-27-15-21(28-22)18-8-6-10-20(14-18)23(24,25)26/h5-10,13-15H,3-4,11-12,16H2,1-2H3,(H,27,28). The third-order valence-electron chi connectivity index (χ3n) is 4.76. The Morgan fingerprint density at radius 2 is 1.62 bits per heavy atom. The van der Waals surface area contributed by atoms with Gasteiger partial charge in [-0.25, -0.2) is 4.98 Å². The number of nitrogens with zero attached hydrogens (tertiary/aromatic N) is 2. The van der Waals surface area contributed by atoms with E-state index < -0.39 is 11.7 Å². The van der Waals surface area contributed by atoms with Gasteiger partial charge in [-0.2, -0.15) is 13.2 Å². The molecule has 3 nitrogen and oxygen atoms in total. The van der Waals surface area contributed by atoms with Crippen LogP contribution in [0.25, 0.3) is 22.6 Å². The molecule has 154 valence electrons. The maximum absolute atomic E-state index is 13.0. The number of alkyl halides is 3. The summed E-state index contributed by atoms with van der Waals surface area (Å²) < 4.78 is 38.9. The van der Waals surface area contributed by atoms with E-state index in [1.165, 1.54) is 11.6 Å². The molecule has 2 aromatic carbocycles. The van der Waals surface area contributed by atoms with E-state index in [-0.39, 0.29) is 0 Å². The first kappa shape index (κ1) is 21.1. The molecule has 0 radical (unpaired) electrons. The van der Waals surface area contributed by atoms with Crippen molar-refractivity contribution in [2.24, 2.45) is 0 Å². The summed E-state index contributed by atoms with van der Waals surface area (Å²) in [5, 5.41) is 0. The summed E-state index contributed by atoms with van der Waals surface area (Å²) >= 11 is 0. The van der Waals surface area contributed by atoms with Crippen molar-refractivity contribution in [1.82, 2.24) is 14.9 Å². The Morgan fingerprint density at radius 3 is 2.31 bits per heavy atom. The van der Waals surface area contributed by atoms with Gasteiger partial charge in [-0.1, -0.05) is 44.2 Å². The van der Waals surface area contributed by atoms with E-state index in [4.69, 9.17) is 0 Å². The van der Waals surface area contributed by atoms with Crippen LogP contribution < -0.4 is 0 Å². The lowest BCUT2D eigenvalue weighted by atomic mass is 10.1. The van der Waals surface area contributed by atoms with Crippen LogP contribution in [0.5, 0.6) is 0 Å². The number of hydrogen-bond acceptors (Lipinski definition) is 2. The van der Waals surface area contributed by atoms with E-state index in [2.05, 4.69) is 40.8 Å². The molecule has 0 saturated heterocycles. The molecule has 0 aliphatic rings. The van der Waals surface area contributed by atoms with Crippen LogP contribution in [-0.2, 0) is 12.7 Å². The van der Waals surface area contributed by atoms with Crippen LogP contribution in [0.3, 0.4) is 0 Å². The van der Waals surface area contributed by atoms with Crippen LogP contribution in [0.2, 0.25) is 0 Å². The number of aromatic nitrogens is 2. The highest BCUT2D eigenvalue weighted by Gasteiger charge is 2.30. The summed E-state index contributed by atoms with van der Waals surface area (Å²) in [5.74, 6) is 0.650. The van der Waals surface area contributed by atoms with Gasteiger partial charge in [0, 0.05) is 17.7 Å². The predicted molar refractivity (Wildman–Crippen MR) is 110 cm³/mol. The van der Waals surface area contributed by atoms with Crippen LogP contribution >= 0.6 is 0 Å². The Morgan fingerprint density at radius 1 is 0.931 bits per heavy atom. The number of hydrogen-bond donors (Lipinski definition) is 1.